The first-order valence-electron chi connectivity index (χ1n) is 7.84. The fourth-order valence-corrected chi connectivity index (χ4v) is 3.01. The lowest BCUT2D eigenvalue weighted by atomic mass is 10.2. The van der Waals surface area contributed by atoms with Crippen molar-refractivity contribution in [1.82, 2.24) is 5.32 Å². The van der Waals surface area contributed by atoms with E-state index in [1.165, 1.54) is 12.0 Å². The van der Waals surface area contributed by atoms with Crippen LogP contribution in [0.15, 0.2) is 41.8 Å². The Balaban J connectivity index is 1.72. The molecule has 0 saturated heterocycles. The molecule has 128 valence electrons. The lowest BCUT2D eigenvalue weighted by molar-refractivity contribution is -0.121. The molecule has 0 atom stereocenters. The van der Waals surface area contributed by atoms with Gasteiger partial charge in [0, 0.05) is 30.6 Å². The molecule has 0 aliphatic heterocycles. The maximum absolute atomic E-state index is 11.9. The molecule has 2 N–H and O–H groups in total. The van der Waals surface area contributed by atoms with Gasteiger partial charge in [0.25, 0.3) is 0 Å². The van der Waals surface area contributed by atoms with E-state index >= 15 is 0 Å². The summed E-state index contributed by atoms with van der Waals surface area (Å²) in [5.41, 5.74) is 1.64. The van der Waals surface area contributed by atoms with Crippen LogP contribution in [0.4, 0.5) is 5.69 Å². The lowest BCUT2D eigenvalue weighted by Crippen LogP contribution is -2.22. The first-order valence-corrected chi connectivity index (χ1v) is 8.72. The molecular formula is C18H22N2O3S. The second-order valence-corrected chi connectivity index (χ2v) is 6.42. The number of anilines is 1. The average molecular weight is 346 g/mol. The summed E-state index contributed by atoms with van der Waals surface area (Å²) in [6, 6.07) is 11.5. The Morgan fingerprint density at radius 3 is 2.79 bits per heavy atom. The Bertz CT molecular complexity index is 656. The van der Waals surface area contributed by atoms with Gasteiger partial charge in [-0.05, 0) is 42.0 Å². The number of methoxy groups -OCH3 is 1. The van der Waals surface area contributed by atoms with Crippen LogP contribution in [-0.4, -0.2) is 25.5 Å². The van der Waals surface area contributed by atoms with E-state index in [9.17, 15) is 9.59 Å². The van der Waals surface area contributed by atoms with Crippen LogP contribution >= 0.6 is 11.3 Å². The Labute approximate surface area is 146 Å². The smallest absolute Gasteiger partial charge is 0.250 e. The van der Waals surface area contributed by atoms with E-state index in [-0.39, 0.29) is 18.4 Å². The van der Waals surface area contributed by atoms with E-state index in [1.54, 1.807) is 17.4 Å². The highest BCUT2D eigenvalue weighted by Crippen LogP contribution is 2.12. The maximum atomic E-state index is 11.9. The van der Waals surface area contributed by atoms with Crippen LogP contribution in [0.2, 0.25) is 0 Å². The van der Waals surface area contributed by atoms with Crippen LogP contribution in [0.5, 0.6) is 0 Å². The average Bonchev–Trinajstić information content (AvgIpc) is 3.07. The molecule has 1 aromatic carbocycles. The molecule has 2 rings (SSSR count). The van der Waals surface area contributed by atoms with Crippen LogP contribution in [0.1, 0.15) is 23.3 Å². The van der Waals surface area contributed by atoms with Gasteiger partial charge in [-0.15, -0.1) is 11.3 Å². The molecule has 1 aromatic heterocycles. The normalized spacial score (nSPS) is 10.4. The van der Waals surface area contributed by atoms with Crippen LogP contribution < -0.4 is 10.6 Å². The summed E-state index contributed by atoms with van der Waals surface area (Å²) < 4.78 is 4.78. The van der Waals surface area contributed by atoms with Crippen LogP contribution in [0.3, 0.4) is 0 Å². The van der Waals surface area contributed by atoms with E-state index in [0.717, 1.165) is 18.4 Å². The maximum Gasteiger partial charge on any atom is 0.250 e. The third kappa shape index (κ3) is 6.52. The third-order valence-electron chi connectivity index (χ3n) is 3.38. The Hall–Kier alpha value is -2.18. The SMILES string of the molecule is COCC(=O)Nc1cccc(CNC(=O)CCCc2cccs2)c1. The van der Waals surface area contributed by atoms with Gasteiger partial charge in [-0.25, -0.2) is 0 Å². The van der Waals surface area contributed by atoms with E-state index in [0.29, 0.717) is 18.7 Å². The van der Waals surface area contributed by atoms with Crippen molar-refractivity contribution in [3.8, 4) is 0 Å². The fourth-order valence-electron chi connectivity index (χ4n) is 2.25. The van der Waals surface area contributed by atoms with Gasteiger partial charge in [0.1, 0.15) is 6.61 Å². The quantitative estimate of drug-likeness (QED) is 0.733. The highest BCUT2D eigenvalue weighted by Gasteiger charge is 2.05. The zero-order valence-corrected chi connectivity index (χ0v) is 14.5. The number of nitrogens with one attached hydrogen (secondary N) is 2. The van der Waals surface area contributed by atoms with Crippen LogP contribution in [-0.2, 0) is 27.3 Å². The van der Waals surface area contributed by atoms with Crippen molar-refractivity contribution in [2.75, 3.05) is 19.0 Å². The number of amides is 2. The zero-order valence-electron chi connectivity index (χ0n) is 13.7. The summed E-state index contributed by atoms with van der Waals surface area (Å²) in [6.45, 7) is 0.469. The molecule has 6 heteroatoms. The molecule has 5 nitrogen and oxygen atoms in total. The largest absolute Gasteiger partial charge is 0.375 e. The molecule has 0 saturated carbocycles. The molecule has 0 aliphatic carbocycles. The Morgan fingerprint density at radius 1 is 1.17 bits per heavy atom. The van der Waals surface area contributed by atoms with Gasteiger partial charge in [-0.3, -0.25) is 9.59 Å². The monoisotopic (exact) mass is 346 g/mol. The van der Waals surface area contributed by atoms with Crippen molar-refractivity contribution in [2.45, 2.75) is 25.8 Å². The van der Waals surface area contributed by atoms with Gasteiger partial charge in [0.15, 0.2) is 0 Å². The highest BCUT2D eigenvalue weighted by molar-refractivity contribution is 7.09. The van der Waals surface area contributed by atoms with Crippen LogP contribution in [0, 0.1) is 0 Å². The minimum absolute atomic E-state index is 0.0191. The topological polar surface area (TPSA) is 67.4 Å². The van der Waals surface area contributed by atoms with E-state index in [2.05, 4.69) is 16.7 Å². The number of rotatable bonds is 9. The minimum atomic E-state index is -0.202. The molecule has 0 spiro atoms. The molecule has 0 unspecified atom stereocenters. The van der Waals surface area contributed by atoms with Crippen molar-refractivity contribution in [1.29, 1.82) is 0 Å². The first-order chi connectivity index (χ1) is 11.7. The molecule has 0 fully saturated rings. The standard InChI is InChI=1S/C18H22N2O3S/c1-23-13-18(22)20-15-6-2-5-14(11-15)12-19-17(21)9-3-7-16-8-4-10-24-16/h2,4-6,8,10-11H,3,7,9,12-13H2,1H3,(H,19,21)(H,20,22). The third-order valence-corrected chi connectivity index (χ3v) is 4.32. The summed E-state index contributed by atoms with van der Waals surface area (Å²) in [7, 11) is 1.48. The number of carbonyl (C=O) groups is 2. The van der Waals surface area contributed by atoms with Crippen molar-refractivity contribution < 1.29 is 14.3 Å². The summed E-state index contributed by atoms with van der Waals surface area (Å²) in [5.74, 6) is -0.160. The van der Waals surface area contributed by atoms with Gasteiger partial charge >= 0.3 is 0 Å². The number of thiophene rings is 1. The number of hydrogen-bond donors (Lipinski definition) is 2. The molecular weight excluding hydrogens is 324 g/mol. The van der Waals surface area contributed by atoms with Crippen LogP contribution in [0.25, 0.3) is 0 Å². The molecule has 24 heavy (non-hydrogen) atoms. The molecule has 0 radical (unpaired) electrons. The number of aryl methyl sites for hydroxylation is 1. The van der Waals surface area contributed by atoms with Gasteiger partial charge in [-0.2, -0.15) is 0 Å². The number of ether oxygens (including phenoxy) is 1. The molecule has 0 bridgehead atoms. The van der Waals surface area contributed by atoms with Gasteiger partial charge in [-0.1, -0.05) is 18.2 Å². The number of hydrogen-bond acceptors (Lipinski definition) is 4. The van der Waals surface area contributed by atoms with Crippen molar-refractivity contribution >= 4 is 28.8 Å². The highest BCUT2D eigenvalue weighted by atomic mass is 32.1. The molecule has 0 aliphatic rings. The molecule has 1 heterocycles. The summed E-state index contributed by atoms with van der Waals surface area (Å²) in [6.07, 6.45) is 2.30. The van der Waals surface area contributed by atoms with Crippen molar-refractivity contribution in [3.05, 3.63) is 52.2 Å². The van der Waals surface area contributed by atoms with Crippen molar-refractivity contribution in [3.63, 3.8) is 0 Å². The summed E-state index contributed by atoms with van der Waals surface area (Å²) in [5, 5.41) is 7.71. The van der Waals surface area contributed by atoms with Gasteiger partial charge < -0.3 is 15.4 Å². The molecule has 2 amide bonds. The predicted molar refractivity (Wildman–Crippen MR) is 96.1 cm³/mol. The predicted octanol–water partition coefficient (Wildman–Crippen LogP) is 2.97. The van der Waals surface area contributed by atoms with E-state index in [1.807, 2.05) is 29.6 Å². The number of carbonyl (C=O) groups excluding carboxylic acids is 2. The zero-order chi connectivity index (χ0) is 17.2. The summed E-state index contributed by atoms with van der Waals surface area (Å²) in [4.78, 5) is 24.7. The Kier molecular flexibility index (Phi) is 7.45. The number of benzene rings is 1. The minimum Gasteiger partial charge on any atom is -0.375 e. The van der Waals surface area contributed by atoms with Gasteiger partial charge in [0.2, 0.25) is 11.8 Å². The Morgan fingerprint density at radius 2 is 2.04 bits per heavy atom. The first kappa shape index (κ1) is 18.2. The lowest BCUT2D eigenvalue weighted by Gasteiger charge is -2.08. The van der Waals surface area contributed by atoms with Crippen molar-refractivity contribution in [2.24, 2.45) is 0 Å². The van der Waals surface area contributed by atoms with E-state index < -0.39 is 0 Å². The second kappa shape index (κ2) is 9.85. The second-order valence-electron chi connectivity index (χ2n) is 5.39. The summed E-state index contributed by atoms with van der Waals surface area (Å²) >= 11 is 1.72. The molecule has 2 aromatic rings. The van der Waals surface area contributed by atoms with E-state index in [4.69, 9.17) is 4.74 Å². The van der Waals surface area contributed by atoms with Gasteiger partial charge in [0.05, 0.1) is 0 Å². The fraction of sp³-hybridized carbons (Fsp3) is 0.333.